The average Bonchev–Trinajstić information content (AvgIpc) is 2.96. The molecule has 0 bridgehead atoms. The molecule has 0 aromatic heterocycles. The van der Waals surface area contributed by atoms with Gasteiger partial charge in [-0.25, -0.2) is 8.78 Å². The van der Waals surface area contributed by atoms with Crippen molar-refractivity contribution in [3.8, 4) is 0 Å². The summed E-state index contributed by atoms with van der Waals surface area (Å²) in [7, 11) is 0. The van der Waals surface area contributed by atoms with E-state index in [0.717, 1.165) is 29.8 Å². The lowest BCUT2D eigenvalue weighted by Gasteiger charge is -2.14. The van der Waals surface area contributed by atoms with Crippen LogP contribution in [-0.4, -0.2) is 18.2 Å². The lowest BCUT2D eigenvalue weighted by Crippen LogP contribution is -2.26. The third-order valence-corrected chi connectivity index (χ3v) is 4.63. The van der Waals surface area contributed by atoms with Crippen molar-refractivity contribution in [2.75, 3.05) is 6.54 Å². The van der Waals surface area contributed by atoms with Gasteiger partial charge in [0.1, 0.15) is 17.6 Å². The monoisotopic (exact) mass is 405 g/mol. The lowest BCUT2D eigenvalue weighted by molar-refractivity contribution is -0.129. The van der Waals surface area contributed by atoms with Gasteiger partial charge in [0.2, 0.25) is 5.91 Å². The van der Waals surface area contributed by atoms with Gasteiger partial charge >= 0.3 is 0 Å². The van der Waals surface area contributed by atoms with Crippen LogP contribution in [0.5, 0.6) is 0 Å². The van der Waals surface area contributed by atoms with E-state index >= 15 is 0 Å². The van der Waals surface area contributed by atoms with E-state index in [-0.39, 0.29) is 21.9 Å². The van der Waals surface area contributed by atoms with E-state index < -0.39 is 23.3 Å². The van der Waals surface area contributed by atoms with Gasteiger partial charge in [-0.2, -0.15) is 0 Å². The molecular weight excluding hydrogens is 392 g/mol. The van der Waals surface area contributed by atoms with Crippen LogP contribution in [0.3, 0.4) is 0 Å². The number of ketones is 1. The Morgan fingerprint density at radius 1 is 1.16 bits per heavy atom. The van der Waals surface area contributed by atoms with Gasteiger partial charge in [0.25, 0.3) is 0 Å². The number of amides is 1. The van der Waals surface area contributed by atoms with E-state index in [1.54, 1.807) is 0 Å². The molecule has 1 unspecified atom stereocenters. The van der Waals surface area contributed by atoms with Crippen molar-refractivity contribution in [3.63, 3.8) is 0 Å². The zero-order valence-electron chi connectivity index (χ0n) is 13.0. The Hall–Kier alpha value is -2.34. The molecule has 1 N–H and O–H groups in total. The summed E-state index contributed by atoms with van der Waals surface area (Å²) >= 11 is 3.00. The maximum absolute atomic E-state index is 13.8. The van der Waals surface area contributed by atoms with E-state index in [2.05, 4.69) is 21.2 Å². The molecule has 1 aliphatic rings. The largest absolute Gasteiger partial charge is 0.355 e. The molecule has 1 aliphatic heterocycles. The van der Waals surface area contributed by atoms with E-state index in [1.165, 1.54) is 0 Å². The number of rotatable bonds is 4. The first-order valence-corrected chi connectivity index (χ1v) is 8.46. The summed E-state index contributed by atoms with van der Waals surface area (Å²) in [6.07, 6.45) is 2.15. The maximum Gasteiger partial charge on any atom is 0.231 e. The molecule has 0 radical (unpaired) electrons. The Kier molecular flexibility index (Phi) is 5.08. The Morgan fingerprint density at radius 3 is 2.44 bits per heavy atom. The molecule has 1 amide bonds. The van der Waals surface area contributed by atoms with Crippen molar-refractivity contribution in [1.82, 2.24) is 5.32 Å². The highest BCUT2D eigenvalue weighted by molar-refractivity contribution is 9.10. The Labute approximate surface area is 151 Å². The van der Waals surface area contributed by atoms with Crippen LogP contribution in [0, 0.1) is 17.6 Å². The van der Waals surface area contributed by atoms with Crippen LogP contribution in [0.2, 0.25) is 0 Å². The van der Waals surface area contributed by atoms with E-state index in [9.17, 15) is 18.4 Å². The summed E-state index contributed by atoms with van der Waals surface area (Å²) < 4.78 is 28.0. The predicted molar refractivity (Wildman–Crippen MR) is 93.8 cm³/mol. The second-order valence-corrected chi connectivity index (χ2v) is 6.67. The molecule has 1 saturated heterocycles. The van der Waals surface area contributed by atoms with Crippen LogP contribution in [0.15, 0.2) is 53.0 Å². The van der Waals surface area contributed by atoms with Crippen LogP contribution in [0.1, 0.15) is 17.0 Å². The molecule has 0 spiro atoms. The minimum atomic E-state index is -0.903. The van der Waals surface area contributed by atoms with Gasteiger partial charge < -0.3 is 5.32 Å². The Morgan fingerprint density at radius 2 is 1.80 bits per heavy atom. The van der Waals surface area contributed by atoms with Gasteiger partial charge in [0.05, 0.1) is 0 Å². The van der Waals surface area contributed by atoms with Gasteiger partial charge in [-0.3, -0.25) is 9.59 Å². The summed E-state index contributed by atoms with van der Waals surface area (Å²) in [5, 5.41) is 2.68. The molecule has 6 heteroatoms. The van der Waals surface area contributed by atoms with Gasteiger partial charge in [-0.05, 0) is 29.8 Å². The van der Waals surface area contributed by atoms with Crippen LogP contribution < -0.4 is 5.32 Å². The Balaban J connectivity index is 1.86. The van der Waals surface area contributed by atoms with Crippen molar-refractivity contribution < 1.29 is 18.4 Å². The minimum absolute atomic E-state index is 0.269. The average molecular weight is 406 g/mol. The SMILES string of the molecule is O=C(/C=C/c1c(F)cc(Br)cc1F)[C@H]1C(=O)NCC1c1ccccc1. The summed E-state index contributed by atoms with van der Waals surface area (Å²) in [6, 6.07) is 11.4. The molecule has 3 rings (SSSR count). The molecule has 3 nitrogen and oxygen atoms in total. The van der Waals surface area contributed by atoms with Crippen molar-refractivity contribution in [1.29, 1.82) is 0 Å². The second-order valence-electron chi connectivity index (χ2n) is 5.76. The highest BCUT2D eigenvalue weighted by Gasteiger charge is 2.39. The molecule has 2 aromatic carbocycles. The van der Waals surface area contributed by atoms with Crippen molar-refractivity contribution >= 4 is 33.7 Å². The third kappa shape index (κ3) is 3.69. The second kappa shape index (κ2) is 7.27. The van der Waals surface area contributed by atoms with E-state index in [0.29, 0.717) is 6.54 Å². The number of nitrogens with one attached hydrogen (secondary N) is 1. The fourth-order valence-electron chi connectivity index (χ4n) is 2.94. The van der Waals surface area contributed by atoms with Crippen LogP contribution in [-0.2, 0) is 9.59 Å². The van der Waals surface area contributed by atoms with E-state index in [4.69, 9.17) is 0 Å². The van der Waals surface area contributed by atoms with Crippen LogP contribution in [0.25, 0.3) is 6.08 Å². The number of halogens is 3. The Bertz CT molecular complexity index is 829. The molecular formula is C19H14BrF2NO2. The molecule has 128 valence electrons. The summed E-state index contributed by atoms with van der Waals surface area (Å²) in [5.74, 6) is -3.63. The highest BCUT2D eigenvalue weighted by Crippen LogP contribution is 2.30. The standard InChI is InChI=1S/C19H14BrF2NO2/c20-12-8-15(21)13(16(22)9-12)6-7-17(24)18-14(10-23-19(18)25)11-4-2-1-3-5-11/h1-9,14,18H,10H2,(H,23,25)/b7-6+/t14?,18-/m0/s1. The van der Waals surface area contributed by atoms with Crippen LogP contribution >= 0.6 is 15.9 Å². The number of carbonyl (C=O) groups excluding carboxylic acids is 2. The number of hydrogen-bond acceptors (Lipinski definition) is 2. The molecule has 0 saturated carbocycles. The summed E-state index contributed by atoms with van der Waals surface area (Å²) in [6.45, 7) is 0.355. The summed E-state index contributed by atoms with van der Waals surface area (Å²) in [5.41, 5.74) is 0.555. The van der Waals surface area contributed by atoms with Gasteiger partial charge in [0, 0.05) is 22.5 Å². The predicted octanol–water partition coefficient (Wildman–Crippen LogP) is 3.84. The van der Waals surface area contributed by atoms with Crippen molar-refractivity contribution in [2.45, 2.75) is 5.92 Å². The number of carbonyl (C=O) groups is 2. The molecule has 0 aliphatic carbocycles. The maximum atomic E-state index is 13.8. The smallest absolute Gasteiger partial charge is 0.231 e. The zero-order valence-corrected chi connectivity index (χ0v) is 14.6. The van der Waals surface area contributed by atoms with Gasteiger partial charge in [-0.15, -0.1) is 0 Å². The lowest BCUT2D eigenvalue weighted by atomic mass is 9.85. The normalized spacial score (nSPS) is 20.0. The minimum Gasteiger partial charge on any atom is -0.355 e. The summed E-state index contributed by atoms with van der Waals surface area (Å²) in [4.78, 5) is 24.6. The molecule has 1 fully saturated rings. The molecule has 1 heterocycles. The van der Waals surface area contributed by atoms with Gasteiger partial charge in [-0.1, -0.05) is 46.3 Å². The first kappa shape index (κ1) is 17.5. The first-order chi connectivity index (χ1) is 12.0. The van der Waals surface area contributed by atoms with E-state index in [1.807, 2.05) is 30.3 Å². The third-order valence-electron chi connectivity index (χ3n) is 4.17. The molecule has 2 aromatic rings. The quantitative estimate of drug-likeness (QED) is 0.620. The van der Waals surface area contributed by atoms with Crippen molar-refractivity contribution in [3.05, 3.63) is 75.8 Å². The zero-order chi connectivity index (χ0) is 18.0. The van der Waals surface area contributed by atoms with Crippen molar-refractivity contribution in [2.24, 2.45) is 5.92 Å². The number of benzene rings is 2. The molecule has 25 heavy (non-hydrogen) atoms. The van der Waals surface area contributed by atoms with Gasteiger partial charge in [0.15, 0.2) is 5.78 Å². The number of allylic oxidation sites excluding steroid dienone is 1. The topological polar surface area (TPSA) is 46.2 Å². The highest BCUT2D eigenvalue weighted by atomic mass is 79.9. The fraction of sp³-hybridized carbons (Fsp3) is 0.158. The first-order valence-electron chi connectivity index (χ1n) is 7.66. The fourth-order valence-corrected chi connectivity index (χ4v) is 3.34. The number of hydrogen-bond donors (Lipinski definition) is 1. The molecule has 2 atom stereocenters. The van der Waals surface area contributed by atoms with Crippen LogP contribution in [0.4, 0.5) is 8.78 Å².